The molecule has 1 atom stereocenters. The largest absolute Gasteiger partial charge is 0.337 e. The van der Waals surface area contributed by atoms with E-state index in [0.717, 1.165) is 23.5 Å². The highest BCUT2D eigenvalue weighted by Crippen LogP contribution is 2.24. The number of carbonyl (C=O) groups is 1. The first-order chi connectivity index (χ1) is 13.1. The van der Waals surface area contributed by atoms with Crippen molar-refractivity contribution in [2.24, 2.45) is 0 Å². The Kier molecular flexibility index (Phi) is 5.05. The van der Waals surface area contributed by atoms with Crippen LogP contribution < -0.4 is 0 Å². The summed E-state index contributed by atoms with van der Waals surface area (Å²) in [6, 6.07) is 11.9. The number of hydrogen-bond donors (Lipinski definition) is 0. The van der Waals surface area contributed by atoms with E-state index in [-0.39, 0.29) is 11.9 Å². The van der Waals surface area contributed by atoms with Crippen LogP contribution in [0.3, 0.4) is 0 Å². The Hall–Kier alpha value is -2.51. The van der Waals surface area contributed by atoms with Gasteiger partial charge in [0.1, 0.15) is 0 Å². The zero-order chi connectivity index (χ0) is 18.8. The van der Waals surface area contributed by atoms with Gasteiger partial charge in [0, 0.05) is 31.7 Å². The lowest BCUT2D eigenvalue weighted by Crippen LogP contribution is -2.49. The summed E-state index contributed by atoms with van der Waals surface area (Å²) in [6.45, 7) is 7.13. The quantitative estimate of drug-likeness (QED) is 0.690. The molecule has 0 N–H and O–H groups in total. The summed E-state index contributed by atoms with van der Waals surface area (Å²) < 4.78 is 5.52. The Morgan fingerprint density at radius 2 is 1.89 bits per heavy atom. The van der Waals surface area contributed by atoms with Gasteiger partial charge in [-0.15, -0.1) is 11.3 Å². The molecule has 7 heteroatoms. The van der Waals surface area contributed by atoms with E-state index >= 15 is 0 Å². The number of carbonyl (C=O) groups excluding carboxylic acids is 1. The van der Waals surface area contributed by atoms with Crippen LogP contribution in [0.2, 0.25) is 0 Å². The lowest BCUT2D eigenvalue weighted by molar-refractivity contribution is 0.0556. The van der Waals surface area contributed by atoms with E-state index in [1.54, 1.807) is 0 Å². The Morgan fingerprint density at radius 3 is 2.56 bits per heavy atom. The average molecular weight is 382 g/mol. The number of aryl methyl sites for hydroxylation is 1. The number of rotatable bonds is 4. The van der Waals surface area contributed by atoms with Crippen LogP contribution in [0.4, 0.5) is 0 Å². The summed E-state index contributed by atoms with van der Waals surface area (Å²) in [5, 5.41) is 6.07. The lowest BCUT2D eigenvalue weighted by atomic mass is 10.1. The van der Waals surface area contributed by atoms with Crippen molar-refractivity contribution in [3.63, 3.8) is 0 Å². The smallest absolute Gasteiger partial charge is 0.264 e. The monoisotopic (exact) mass is 382 g/mol. The lowest BCUT2D eigenvalue weighted by Gasteiger charge is -2.36. The number of benzene rings is 1. The molecule has 27 heavy (non-hydrogen) atoms. The standard InChI is InChI=1S/C20H22N4O2S/c1-14-5-7-16(8-6-14)18-21-19(26-22-18)15(2)23-9-11-24(12-10-23)20(25)17-4-3-13-27-17/h3-8,13,15H,9-12H2,1-2H3/t15-/m1/s1. The van der Waals surface area contributed by atoms with Gasteiger partial charge in [-0.25, -0.2) is 0 Å². The molecule has 0 aliphatic carbocycles. The number of nitrogens with zero attached hydrogens (tertiary/aromatic N) is 4. The van der Waals surface area contributed by atoms with Crippen molar-refractivity contribution in [2.45, 2.75) is 19.9 Å². The minimum absolute atomic E-state index is 0.0238. The van der Waals surface area contributed by atoms with E-state index in [4.69, 9.17) is 4.52 Å². The van der Waals surface area contributed by atoms with E-state index in [1.807, 2.05) is 46.7 Å². The highest BCUT2D eigenvalue weighted by molar-refractivity contribution is 7.12. The summed E-state index contributed by atoms with van der Waals surface area (Å²) in [6.07, 6.45) is 0. The Labute approximate surface area is 162 Å². The van der Waals surface area contributed by atoms with Crippen molar-refractivity contribution in [2.75, 3.05) is 26.2 Å². The molecule has 2 aromatic heterocycles. The van der Waals surface area contributed by atoms with Crippen molar-refractivity contribution in [1.29, 1.82) is 0 Å². The molecule has 1 aliphatic heterocycles. The third-order valence-electron chi connectivity index (χ3n) is 4.99. The summed E-state index contributed by atoms with van der Waals surface area (Å²) in [5.74, 6) is 1.35. The molecule has 0 unspecified atom stereocenters. The maximum atomic E-state index is 12.5. The van der Waals surface area contributed by atoms with E-state index in [1.165, 1.54) is 16.9 Å². The van der Waals surface area contributed by atoms with Gasteiger partial charge in [0.2, 0.25) is 11.7 Å². The second kappa shape index (κ2) is 7.62. The predicted octanol–water partition coefficient (Wildman–Crippen LogP) is 3.63. The van der Waals surface area contributed by atoms with E-state index in [9.17, 15) is 4.79 Å². The van der Waals surface area contributed by atoms with E-state index < -0.39 is 0 Å². The van der Waals surface area contributed by atoms with Gasteiger partial charge in [-0.1, -0.05) is 41.1 Å². The van der Waals surface area contributed by atoms with Crippen LogP contribution in [-0.4, -0.2) is 52.0 Å². The van der Waals surface area contributed by atoms with E-state index in [0.29, 0.717) is 24.8 Å². The topological polar surface area (TPSA) is 62.5 Å². The number of amides is 1. The number of aromatic nitrogens is 2. The summed E-state index contributed by atoms with van der Waals surface area (Å²) in [5.41, 5.74) is 2.15. The fraction of sp³-hybridized carbons (Fsp3) is 0.350. The van der Waals surface area contributed by atoms with Crippen molar-refractivity contribution in [1.82, 2.24) is 19.9 Å². The van der Waals surface area contributed by atoms with Gasteiger partial charge in [-0.2, -0.15) is 4.98 Å². The highest BCUT2D eigenvalue weighted by atomic mass is 32.1. The first-order valence-corrected chi connectivity index (χ1v) is 9.97. The van der Waals surface area contributed by atoms with Gasteiger partial charge in [0.15, 0.2) is 0 Å². The van der Waals surface area contributed by atoms with Gasteiger partial charge < -0.3 is 9.42 Å². The molecular formula is C20H22N4O2S. The van der Waals surface area contributed by atoms with Crippen LogP contribution in [-0.2, 0) is 0 Å². The van der Waals surface area contributed by atoms with E-state index in [2.05, 4.69) is 28.9 Å². The molecule has 1 aromatic carbocycles. The van der Waals surface area contributed by atoms with Gasteiger partial charge in [-0.05, 0) is 25.3 Å². The summed E-state index contributed by atoms with van der Waals surface area (Å²) >= 11 is 1.49. The van der Waals surface area contributed by atoms with Crippen molar-refractivity contribution >= 4 is 17.2 Å². The molecule has 1 fully saturated rings. The molecule has 1 amide bonds. The third kappa shape index (κ3) is 3.79. The first kappa shape index (κ1) is 17.9. The fourth-order valence-electron chi connectivity index (χ4n) is 3.25. The third-order valence-corrected chi connectivity index (χ3v) is 5.85. The normalized spacial score (nSPS) is 16.4. The average Bonchev–Trinajstić information content (AvgIpc) is 3.40. The number of hydrogen-bond acceptors (Lipinski definition) is 6. The molecule has 4 rings (SSSR count). The van der Waals surface area contributed by atoms with Gasteiger partial charge in [0.05, 0.1) is 10.9 Å². The van der Waals surface area contributed by atoms with Crippen molar-refractivity contribution in [3.05, 3.63) is 58.1 Å². The van der Waals surface area contributed by atoms with Crippen LogP contribution in [0.5, 0.6) is 0 Å². The molecule has 3 heterocycles. The molecule has 0 bridgehead atoms. The van der Waals surface area contributed by atoms with Gasteiger partial charge in [-0.3, -0.25) is 9.69 Å². The predicted molar refractivity (Wildman–Crippen MR) is 105 cm³/mol. The maximum absolute atomic E-state index is 12.5. The molecule has 1 aliphatic rings. The second-order valence-electron chi connectivity index (χ2n) is 6.80. The van der Waals surface area contributed by atoms with Gasteiger partial charge in [0.25, 0.3) is 5.91 Å². The molecule has 3 aromatic rings. The van der Waals surface area contributed by atoms with Crippen LogP contribution in [0.25, 0.3) is 11.4 Å². The molecule has 140 valence electrons. The second-order valence-corrected chi connectivity index (χ2v) is 7.75. The molecule has 0 radical (unpaired) electrons. The molecule has 6 nitrogen and oxygen atoms in total. The van der Waals surface area contributed by atoms with Crippen LogP contribution in [0.1, 0.15) is 34.1 Å². The SMILES string of the molecule is Cc1ccc(-c2noc([C@@H](C)N3CCN(C(=O)c4cccs4)CC3)n2)cc1. The highest BCUT2D eigenvalue weighted by Gasteiger charge is 2.28. The van der Waals surface area contributed by atoms with Crippen LogP contribution in [0.15, 0.2) is 46.3 Å². The first-order valence-electron chi connectivity index (χ1n) is 9.09. The minimum Gasteiger partial charge on any atom is -0.337 e. The summed E-state index contributed by atoms with van der Waals surface area (Å²) in [4.78, 5) is 22.1. The molecule has 1 saturated heterocycles. The van der Waals surface area contributed by atoms with Crippen LogP contribution >= 0.6 is 11.3 Å². The van der Waals surface area contributed by atoms with Crippen molar-refractivity contribution < 1.29 is 9.32 Å². The van der Waals surface area contributed by atoms with Crippen LogP contribution in [0, 0.1) is 6.92 Å². The zero-order valence-corrected chi connectivity index (χ0v) is 16.3. The Morgan fingerprint density at radius 1 is 1.15 bits per heavy atom. The zero-order valence-electron chi connectivity index (χ0n) is 15.5. The Bertz CT molecular complexity index is 896. The molecular weight excluding hydrogens is 360 g/mol. The fourth-order valence-corrected chi connectivity index (χ4v) is 3.94. The molecule has 0 spiro atoms. The van der Waals surface area contributed by atoms with Gasteiger partial charge >= 0.3 is 0 Å². The minimum atomic E-state index is 0.0238. The Balaban J connectivity index is 1.39. The summed E-state index contributed by atoms with van der Waals surface area (Å²) in [7, 11) is 0. The molecule has 0 saturated carbocycles. The van der Waals surface area contributed by atoms with Crippen molar-refractivity contribution in [3.8, 4) is 11.4 Å². The number of thiophene rings is 1. The number of piperazine rings is 1. The maximum Gasteiger partial charge on any atom is 0.264 e.